The highest BCUT2D eigenvalue weighted by Crippen LogP contribution is 2.18. The first-order valence-corrected chi connectivity index (χ1v) is 11.2. The number of pyridine rings is 1. The topological polar surface area (TPSA) is 84.5 Å². The van der Waals surface area contributed by atoms with Gasteiger partial charge >= 0.3 is 5.69 Å². The molecule has 1 aliphatic heterocycles. The predicted octanol–water partition coefficient (Wildman–Crippen LogP) is 2.38. The summed E-state index contributed by atoms with van der Waals surface area (Å²) in [6, 6.07) is 16.3. The molecule has 3 heterocycles. The summed E-state index contributed by atoms with van der Waals surface area (Å²) in [6.07, 6.45) is 1.58. The van der Waals surface area contributed by atoms with Crippen LogP contribution in [-0.4, -0.2) is 27.9 Å². The Hall–Kier alpha value is -4.07. The third kappa shape index (κ3) is 3.71. The minimum Gasteiger partial charge on any atom is -0.497 e. The highest BCUT2D eigenvalue weighted by atomic mass is 16.5. The molecule has 0 amide bonds. The molecule has 4 aromatic rings. The van der Waals surface area contributed by atoms with E-state index in [1.807, 2.05) is 24.3 Å². The molecule has 5 rings (SSSR count). The lowest BCUT2D eigenvalue weighted by Gasteiger charge is -2.16. The van der Waals surface area contributed by atoms with Gasteiger partial charge < -0.3 is 14.0 Å². The van der Waals surface area contributed by atoms with Crippen LogP contribution in [0.4, 0.5) is 0 Å². The smallest absolute Gasteiger partial charge is 0.332 e. The Balaban J connectivity index is 1.72. The van der Waals surface area contributed by atoms with Gasteiger partial charge in [0.1, 0.15) is 17.0 Å². The first-order valence-electron chi connectivity index (χ1n) is 11.2. The maximum Gasteiger partial charge on any atom is 0.332 e. The van der Waals surface area contributed by atoms with E-state index in [1.165, 1.54) is 9.13 Å². The average molecular weight is 460 g/mol. The molecular formula is C26H25N3O5. The van der Waals surface area contributed by atoms with E-state index in [4.69, 9.17) is 9.47 Å². The van der Waals surface area contributed by atoms with Gasteiger partial charge in [-0.05, 0) is 54.3 Å². The summed E-state index contributed by atoms with van der Waals surface area (Å²) in [6.45, 7) is 0.852. The number of nitrogens with zero attached hydrogens (tertiary/aromatic N) is 3. The number of fused-ring (bicyclic) bond motifs is 2. The number of methoxy groups -OCH3 is 2. The summed E-state index contributed by atoms with van der Waals surface area (Å²) in [5, 5.41) is 0.278. The Kier molecular flexibility index (Phi) is 5.57. The molecule has 2 aromatic heterocycles. The van der Waals surface area contributed by atoms with Crippen LogP contribution in [-0.2, 0) is 26.1 Å². The molecule has 34 heavy (non-hydrogen) atoms. The van der Waals surface area contributed by atoms with Crippen molar-refractivity contribution in [3.8, 4) is 11.5 Å². The van der Waals surface area contributed by atoms with Crippen molar-refractivity contribution in [3.05, 3.63) is 103 Å². The highest BCUT2D eigenvalue weighted by molar-refractivity contribution is 5.78. The number of ether oxygens (including phenoxy) is 2. The number of benzene rings is 2. The zero-order chi connectivity index (χ0) is 23.8. The van der Waals surface area contributed by atoms with Gasteiger partial charge in [-0.25, -0.2) is 4.79 Å². The number of hydrogen-bond acceptors (Lipinski definition) is 5. The zero-order valence-corrected chi connectivity index (χ0v) is 19.1. The predicted molar refractivity (Wildman–Crippen MR) is 129 cm³/mol. The van der Waals surface area contributed by atoms with E-state index < -0.39 is 11.2 Å². The Morgan fingerprint density at radius 2 is 1.32 bits per heavy atom. The van der Waals surface area contributed by atoms with Gasteiger partial charge in [0.15, 0.2) is 0 Å². The van der Waals surface area contributed by atoms with E-state index in [-0.39, 0.29) is 29.6 Å². The van der Waals surface area contributed by atoms with Gasteiger partial charge in [-0.1, -0.05) is 24.3 Å². The summed E-state index contributed by atoms with van der Waals surface area (Å²) in [5.74, 6) is 1.39. The maximum absolute atomic E-state index is 13.6. The molecule has 0 fully saturated rings. The zero-order valence-electron chi connectivity index (χ0n) is 19.1. The molecule has 8 nitrogen and oxygen atoms in total. The molecular weight excluding hydrogens is 434 g/mol. The van der Waals surface area contributed by atoms with Crippen molar-refractivity contribution < 1.29 is 9.47 Å². The molecule has 2 aromatic carbocycles. The Bertz CT molecular complexity index is 1540. The van der Waals surface area contributed by atoms with Crippen molar-refractivity contribution in [2.45, 2.75) is 32.5 Å². The second-order valence-corrected chi connectivity index (χ2v) is 8.41. The van der Waals surface area contributed by atoms with Gasteiger partial charge in [-0.3, -0.25) is 18.7 Å². The van der Waals surface area contributed by atoms with Gasteiger partial charge in [-0.15, -0.1) is 0 Å². The van der Waals surface area contributed by atoms with Gasteiger partial charge in [0.25, 0.3) is 11.1 Å². The first-order chi connectivity index (χ1) is 16.5. The normalized spacial score (nSPS) is 12.6. The van der Waals surface area contributed by atoms with Crippen molar-refractivity contribution in [2.75, 3.05) is 14.2 Å². The van der Waals surface area contributed by atoms with Gasteiger partial charge in [0.2, 0.25) is 0 Å². The van der Waals surface area contributed by atoms with Crippen molar-refractivity contribution in [3.63, 3.8) is 0 Å². The van der Waals surface area contributed by atoms with Crippen LogP contribution < -0.4 is 26.3 Å². The number of rotatable bonds is 6. The lowest BCUT2D eigenvalue weighted by molar-refractivity contribution is 0.414. The van der Waals surface area contributed by atoms with Gasteiger partial charge in [0, 0.05) is 12.2 Å². The second kappa shape index (κ2) is 8.70. The maximum atomic E-state index is 13.6. The van der Waals surface area contributed by atoms with Crippen molar-refractivity contribution in [2.24, 2.45) is 0 Å². The SMILES string of the molecule is COc1ccc(Cn2c(=O)c3cc4n(c(=O)c3n(Cc3ccc(OC)cc3)c2=O)CCC4)cc1. The molecule has 174 valence electrons. The molecule has 0 unspecified atom stereocenters. The molecule has 0 saturated carbocycles. The third-order valence-corrected chi connectivity index (χ3v) is 6.38. The summed E-state index contributed by atoms with van der Waals surface area (Å²) in [4.78, 5) is 40.5. The van der Waals surface area contributed by atoms with Crippen molar-refractivity contribution >= 4 is 10.9 Å². The summed E-state index contributed by atoms with van der Waals surface area (Å²) in [5.41, 5.74) is 1.35. The van der Waals surface area contributed by atoms with Crippen molar-refractivity contribution in [1.29, 1.82) is 0 Å². The molecule has 0 N–H and O–H groups in total. The van der Waals surface area contributed by atoms with E-state index in [0.29, 0.717) is 18.0 Å². The molecule has 0 atom stereocenters. The highest BCUT2D eigenvalue weighted by Gasteiger charge is 2.22. The Labute approximate surface area is 195 Å². The fraction of sp³-hybridized carbons (Fsp3) is 0.269. The molecule has 0 bridgehead atoms. The number of hydrogen-bond donors (Lipinski definition) is 0. The van der Waals surface area contributed by atoms with E-state index in [2.05, 4.69) is 0 Å². The number of aromatic nitrogens is 3. The van der Waals surface area contributed by atoms with E-state index in [0.717, 1.165) is 29.7 Å². The van der Waals surface area contributed by atoms with E-state index in [9.17, 15) is 14.4 Å². The first kappa shape index (κ1) is 21.8. The molecule has 0 spiro atoms. The van der Waals surface area contributed by atoms with Crippen LogP contribution in [0.3, 0.4) is 0 Å². The van der Waals surface area contributed by atoms with Gasteiger partial charge in [-0.2, -0.15) is 0 Å². The van der Waals surface area contributed by atoms with E-state index in [1.54, 1.807) is 49.1 Å². The molecule has 1 aliphatic rings. The monoisotopic (exact) mass is 459 g/mol. The van der Waals surface area contributed by atoms with Crippen LogP contribution >= 0.6 is 0 Å². The lowest BCUT2D eigenvalue weighted by atomic mass is 10.1. The van der Waals surface area contributed by atoms with Crippen LogP contribution in [0.25, 0.3) is 10.9 Å². The molecule has 8 heteroatoms. The summed E-state index contributed by atoms with van der Waals surface area (Å²) < 4.78 is 14.7. The van der Waals surface area contributed by atoms with Crippen LogP contribution in [0.15, 0.2) is 69.0 Å². The lowest BCUT2D eigenvalue weighted by Crippen LogP contribution is -2.43. The minimum atomic E-state index is -0.514. The largest absolute Gasteiger partial charge is 0.497 e. The fourth-order valence-electron chi connectivity index (χ4n) is 4.57. The molecule has 0 saturated heterocycles. The third-order valence-electron chi connectivity index (χ3n) is 6.38. The Morgan fingerprint density at radius 1 is 0.765 bits per heavy atom. The van der Waals surface area contributed by atoms with Crippen LogP contribution in [0.5, 0.6) is 11.5 Å². The Morgan fingerprint density at radius 3 is 1.88 bits per heavy atom. The van der Waals surface area contributed by atoms with Crippen LogP contribution in [0.2, 0.25) is 0 Å². The fourth-order valence-corrected chi connectivity index (χ4v) is 4.57. The summed E-state index contributed by atoms with van der Waals surface area (Å²) in [7, 11) is 3.17. The van der Waals surface area contributed by atoms with Crippen LogP contribution in [0, 0.1) is 0 Å². The standard InChI is InChI=1S/C26H25N3O5/c1-33-20-9-5-17(6-10-20)15-28-23-22(14-19-4-3-13-27(19)25(23)31)24(30)29(26(28)32)16-18-7-11-21(34-2)12-8-18/h5-12,14H,3-4,13,15-16H2,1-2H3. The quantitative estimate of drug-likeness (QED) is 0.442. The van der Waals surface area contributed by atoms with E-state index >= 15 is 0 Å². The number of aryl methyl sites for hydroxylation is 1. The molecule has 0 radical (unpaired) electrons. The second-order valence-electron chi connectivity index (χ2n) is 8.41. The van der Waals surface area contributed by atoms with Crippen LogP contribution in [0.1, 0.15) is 23.2 Å². The van der Waals surface area contributed by atoms with Crippen molar-refractivity contribution in [1.82, 2.24) is 13.7 Å². The summed E-state index contributed by atoms with van der Waals surface area (Å²) >= 11 is 0. The average Bonchev–Trinajstić information content (AvgIpc) is 3.34. The minimum absolute atomic E-state index is 0.0959. The van der Waals surface area contributed by atoms with Gasteiger partial charge in [0.05, 0.1) is 32.7 Å². The molecule has 0 aliphatic carbocycles.